The van der Waals surface area contributed by atoms with Crippen LogP contribution in [0.2, 0.25) is 5.02 Å². The lowest BCUT2D eigenvalue weighted by atomic mass is 9.98. The number of nitrogens with two attached hydrogens (primary N) is 1. The summed E-state index contributed by atoms with van der Waals surface area (Å²) in [6.07, 6.45) is 0.360. The molecule has 0 aliphatic carbocycles. The molecule has 0 saturated heterocycles. The zero-order valence-electron chi connectivity index (χ0n) is 10.5. The number of hydrogen-bond donors (Lipinski definition) is 1. The van der Waals surface area contributed by atoms with Crippen LogP contribution in [0.5, 0.6) is 0 Å². The molecular formula is C15H14ClF2N. The summed E-state index contributed by atoms with van der Waals surface area (Å²) in [5.41, 5.74) is 7.97. The molecule has 0 amide bonds. The summed E-state index contributed by atoms with van der Waals surface area (Å²) in [6.45, 7) is 1.81. The third kappa shape index (κ3) is 3.31. The largest absolute Gasteiger partial charge is 0.324 e. The summed E-state index contributed by atoms with van der Waals surface area (Å²) >= 11 is 5.94. The predicted octanol–water partition coefficient (Wildman–Crippen LogP) is 4.17. The van der Waals surface area contributed by atoms with E-state index in [1.807, 2.05) is 13.0 Å². The fourth-order valence-electron chi connectivity index (χ4n) is 1.97. The van der Waals surface area contributed by atoms with E-state index in [2.05, 4.69) is 0 Å². The van der Waals surface area contributed by atoms with Crippen LogP contribution in [0, 0.1) is 18.6 Å². The summed E-state index contributed by atoms with van der Waals surface area (Å²) in [7, 11) is 0. The molecule has 2 aromatic rings. The van der Waals surface area contributed by atoms with Gasteiger partial charge in [0, 0.05) is 16.6 Å². The molecule has 2 N–H and O–H groups in total. The highest BCUT2D eigenvalue weighted by Gasteiger charge is 2.14. The zero-order chi connectivity index (χ0) is 14.0. The van der Waals surface area contributed by atoms with Gasteiger partial charge in [0.05, 0.1) is 0 Å². The Kier molecular flexibility index (Phi) is 4.17. The first-order chi connectivity index (χ1) is 8.97. The minimum absolute atomic E-state index is 0.308. The van der Waals surface area contributed by atoms with Crippen LogP contribution in [0.25, 0.3) is 0 Å². The Labute approximate surface area is 116 Å². The molecular weight excluding hydrogens is 268 g/mol. The first-order valence-electron chi connectivity index (χ1n) is 5.93. The van der Waals surface area contributed by atoms with Crippen molar-refractivity contribution >= 4 is 11.6 Å². The van der Waals surface area contributed by atoms with Crippen molar-refractivity contribution < 1.29 is 8.78 Å². The van der Waals surface area contributed by atoms with E-state index in [0.29, 0.717) is 22.6 Å². The van der Waals surface area contributed by atoms with Crippen LogP contribution in [0.3, 0.4) is 0 Å². The average molecular weight is 282 g/mol. The van der Waals surface area contributed by atoms with Crippen molar-refractivity contribution in [1.29, 1.82) is 0 Å². The molecule has 1 nitrogen and oxygen atoms in total. The second kappa shape index (κ2) is 5.68. The highest BCUT2D eigenvalue weighted by Crippen LogP contribution is 2.24. The number of benzene rings is 2. The van der Waals surface area contributed by atoms with E-state index in [1.165, 1.54) is 18.2 Å². The van der Waals surface area contributed by atoms with E-state index < -0.39 is 11.9 Å². The molecule has 0 bridgehead atoms. The van der Waals surface area contributed by atoms with Gasteiger partial charge in [0.25, 0.3) is 0 Å². The molecule has 4 heteroatoms. The minimum atomic E-state index is -0.511. The molecule has 1 atom stereocenters. The van der Waals surface area contributed by atoms with E-state index in [9.17, 15) is 8.78 Å². The van der Waals surface area contributed by atoms with Crippen molar-refractivity contribution in [1.82, 2.24) is 0 Å². The van der Waals surface area contributed by atoms with Crippen molar-refractivity contribution in [3.05, 3.63) is 69.7 Å². The van der Waals surface area contributed by atoms with Crippen LogP contribution >= 0.6 is 11.6 Å². The molecule has 0 aliphatic heterocycles. The normalized spacial score (nSPS) is 12.5. The lowest BCUT2D eigenvalue weighted by molar-refractivity contribution is 0.578. The van der Waals surface area contributed by atoms with Gasteiger partial charge in [0.2, 0.25) is 0 Å². The van der Waals surface area contributed by atoms with Crippen LogP contribution in [-0.4, -0.2) is 0 Å². The topological polar surface area (TPSA) is 26.0 Å². The lowest BCUT2D eigenvalue weighted by Crippen LogP contribution is -2.15. The maximum absolute atomic E-state index is 13.8. The zero-order valence-corrected chi connectivity index (χ0v) is 11.2. The van der Waals surface area contributed by atoms with E-state index >= 15 is 0 Å². The van der Waals surface area contributed by atoms with Crippen molar-refractivity contribution in [3.8, 4) is 0 Å². The van der Waals surface area contributed by atoms with Crippen molar-refractivity contribution in [2.75, 3.05) is 0 Å². The van der Waals surface area contributed by atoms with Crippen molar-refractivity contribution in [3.63, 3.8) is 0 Å². The summed E-state index contributed by atoms with van der Waals surface area (Å²) in [4.78, 5) is 0. The fraction of sp³-hybridized carbons (Fsp3) is 0.200. The van der Waals surface area contributed by atoms with Gasteiger partial charge in [-0.05, 0) is 42.7 Å². The lowest BCUT2D eigenvalue weighted by Gasteiger charge is -2.14. The SMILES string of the molecule is Cc1ccc(C(N)Cc2ccc(F)cc2Cl)c(F)c1. The van der Waals surface area contributed by atoms with Crippen LogP contribution < -0.4 is 5.73 Å². The number of aryl methyl sites for hydroxylation is 1. The Morgan fingerprint density at radius 1 is 1.16 bits per heavy atom. The van der Waals surface area contributed by atoms with Crippen LogP contribution in [-0.2, 0) is 6.42 Å². The van der Waals surface area contributed by atoms with Gasteiger partial charge in [0.15, 0.2) is 0 Å². The molecule has 1 unspecified atom stereocenters. The fourth-order valence-corrected chi connectivity index (χ4v) is 2.21. The maximum atomic E-state index is 13.8. The molecule has 0 spiro atoms. The van der Waals surface area contributed by atoms with Gasteiger partial charge in [-0.3, -0.25) is 0 Å². The summed E-state index contributed by atoms with van der Waals surface area (Å²) < 4.78 is 26.7. The first-order valence-corrected chi connectivity index (χ1v) is 6.30. The second-order valence-electron chi connectivity index (χ2n) is 4.57. The standard InChI is InChI=1S/C15H14ClF2N/c1-9-2-5-12(14(18)6-9)15(19)7-10-3-4-11(17)8-13(10)16/h2-6,8,15H,7,19H2,1H3. The quantitative estimate of drug-likeness (QED) is 0.898. The Bertz CT molecular complexity index is 599. The molecule has 0 heterocycles. The molecule has 0 saturated carbocycles. The smallest absolute Gasteiger partial charge is 0.128 e. The van der Waals surface area contributed by atoms with Crippen LogP contribution in [0.15, 0.2) is 36.4 Å². The summed E-state index contributed by atoms with van der Waals surface area (Å²) in [5.74, 6) is -0.727. The summed E-state index contributed by atoms with van der Waals surface area (Å²) in [6, 6.07) is 8.54. The molecule has 0 radical (unpaired) electrons. The molecule has 100 valence electrons. The van der Waals surface area contributed by atoms with Gasteiger partial charge in [-0.15, -0.1) is 0 Å². The van der Waals surface area contributed by atoms with E-state index in [4.69, 9.17) is 17.3 Å². The molecule has 0 aliphatic rings. The van der Waals surface area contributed by atoms with E-state index in [0.717, 1.165) is 5.56 Å². The van der Waals surface area contributed by atoms with Gasteiger partial charge < -0.3 is 5.73 Å². The predicted molar refractivity (Wildman–Crippen MR) is 73.2 cm³/mol. The Morgan fingerprint density at radius 3 is 2.53 bits per heavy atom. The number of hydrogen-bond acceptors (Lipinski definition) is 1. The Balaban J connectivity index is 2.23. The third-order valence-corrected chi connectivity index (χ3v) is 3.36. The monoisotopic (exact) mass is 281 g/mol. The minimum Gasteiger partial charge on any atom is -0.324 e. The highest BCUT2D eigenvalue weighted by atomic mass is 35.5. The van der Waals surface area contributed by atoms with Crippen molar-refractivity contribution in [2.45, 2.75) is 19.4 Å². The van der Waals surface area contributed by atoms with Crippen molar-refractivity contribution in [2.24, 2.45) is 5.73 Å². The highest BCUT2D eigenvalue weighted by molar-refractivity contribution is 6.31. The van der Waals surface area contributed by atoms with Gasteiger partial charge in [-0.25, -0.2) is 8.78 Å². The van der Waals surface area contributed by atoms with Gasteiger partial charge in [0.1, 0.15) is 11.6 Å². The third-order valence-electron chi connectivity index (χ3n) is 3.01. The number of rotatable bonds is 3. The van der Waals surface area contributed by atoms with Gasteiger partial charge in [-0.2, -0.15) is 0 Å². The molecule has 0 aromatic heterocycles. The van der Waals surface area contributed by atoms with E-state index in [1.54, 1.807) is 12.1 Å². The molecule has 0 fully saturated rings. The Morgan fingerprint density at radius 2 is 1.89 bits per heavy atom. The maximum Gasteiger partial charge on any atom is 0.128 e. The van der Waals surface area contributed by atoms with E-state index in [-0.39, 0.29) is 5.82 Å². The molecule has 19 heavy (non-hydrogen) atoms. The summed E-state index contributed by atoms with van der Waals surface area (Å²) in [5, 5.41) is 0.308. The number of halogens is 3. The van der Waals surface area contributed by atoms with Gasteiger partial charge >= 0.3 is 0 Å². The van der Waals surface area contributed by atoms with Crippen LogP contribution in [0.1, 0.15) is 22.7 Å². The first kappa shape index (κ1) is 14.0. The van der Waals surface area contributed by atoms with Crippen LogP contribution in [0.4, 0.5) is 8.78 Å². The van der Waals surface area contributed by atoms with Gasteiger partial charge in [-0.1, -0.05) is 29.8 Å². The molecule has 2 rings (SSSR count). The average Bonchev–Trinajstić information content (AvgIpc) is 2.32. The Hall–Kier alpha value is -1.45. The molecule has 2 aromatic carbocycles. The second-order valence-corrected chi connectivity index (χ2v) is 4.98.